The van der Waals surface area contributed by atoms with Crippen LogP contribution in [0.1, 0.15) is 19.8 Å². The smallest absolute Gasteiger partial charge is 0.238 e. The van der Waals surface area contributed by atoms with Gasteiger partial charge in [-0.1, -0.05) is 11.6 Å². The molecule has 0 spiro atoms. The first kappa shape index (κ1) is 16.1. The van der Waals surface area contributed by atoms with Crippen molar-refractivity contribution in [1.82, 2.24) is 4.90 Å². The number of nitrogens with two attached hydrogens (primary N) is 1. The van der Waals surface area contributed by atoms with Gasteiger partial charge >= 0.3 is 0 Å². The first-order valence-corrected chi connectivity index (χ1v) is 7.65. The molecule has 1 saturated heterocycles. The van der Waals surface area contributed by atoms with Crippen LogP contribution < -0.4 is 11.1 Å². The number of carbonyl (C=O) groups is 1. The van der Waals surface area contributed by atoms with Gasteiger partial charge in [0.05, 0.1) is 24.0 Å². The standard InChI is InChI=1S/C15H22ClN3O2/c1-2-21-12-5-7-19(8-6-12)10-15(20)18-14-4-3-11(16)9-13(14)17/h3-4,9,12H,2,5-8,10,17H2,1H3,(H,18,20). The van der Waals surface area contributed by atoms with Crippen molar-refractivity contribution in [3.05, 3.63) is 23.2 Å². The molecule has 0 bridgehead atoms. The van der Waals surface area contributed by atoms with Crippen LogP contribution >= 0.6 is 11.6 Å². The Morgan fingerprint density at radius 1 is 1.48 bits per heavy atom. The van der Waals surface area contributed by atoms with Crippen molar-refractivity contribution in [2.75, 3.05) is 37.3 Å². The van der Waals surface area contributed by atoms with Crippen molar-refractivity contribution in [3.8, 4) is 0 Å². The number of piperidine rings is 1. The molecule has 1 aliphatic rings. The number of rotatable bonds is 5. The van der Waals surface area contributed by atoms with Crippen molar-refractivity contribution in [3.63, 3.8) is 0 Å². The summed E-state index contributed by atoms with van der Waals surface area (Å²) in [6.45, 7) is 4.90. The zero-order valence-corrected chi connectivity index (χ0v) is 13.0. The molecule has 0 aromatic heterocycles. The highest BCUT2D eigenvalue weighted by Crippen LogP contribution is 2.22. The largest absolute Gasteiger partial charge is 0.397 e. The number of hydrogen-bond acceptors (Lipinski definition) is 4. The first-order chi connectivity index (χ1) is 10.1. The van der Waals surface area contributed by atoms with Crippen molar-refractivity contribution in [1.29, 1.82) is 0 Å². The molecule has 1 amide bonds. The number of hydrogen-bond donors (Lipinski definition) is 2. The maximum absolute atomic E-state index is 12.1. The van der Waals surface area contributed by atoms with Crippen LogP contribution in [0.4, 0.5) is 11.4 Å². The molecule has 116 valence electrons. The molecular formula is C15H22ClN3O2. The fraction of sp³-hybridized carbons (Fsp3) is 0.533. The molecule has 1 aromatic rings. The predicted molar refractivity (Wildman–Crippen MR) is 85.6 cm³/mol. The monoisotopic (exact) mass is 311 g/mol. The van der Waals surface area contributed by atoms with Gasteiger partial charge in [0.15, 0.2) is 0 Å². The molecular weight excluding hydrogens is 290 g/mol. The quantitative estimate of drug-likeness (QED) is 0.819. The van der Waals surface area contributed by atoms with E-state index >= 15 is 0 Å². The first-order valence-electron chi connectivity index (χ1n) is 7.27. The fourth-order valence-corrected chi connectivity index (χ4v) is 2.69. The van der Waals surface area contributed by atoms with Gasteiger partial charge < -0.3 is 15.8 Å². The molecule has 5 nitrogen and oxygen atoms in total. The van der Waals surface area contributed by atoms with Gasteiger partial charge in [0.1, 0.15) is 0 Å². The van der Waals surface area contributed by atoms with E-state index in [1.165, 1.54) is 0 Å². The van der Waals surface area contributed by atoms with Crippen molar-refractivity contribution in [2.45, 2.75) is 25.9 Å². The minimum Gasteiger partial charge on any atom is -0.397 e. The summed E-state index contributed by atoms with van der Waals surface area (Å²) in [5.41, 5.74) is 6.91. The Kier molecular flexibility index (Phi) is 5.85. The Bertz CT molecular complexity index is 488. The van der Waals surface area contributed by atoms with E-state index in [0.717, 1.165) is 32.5 Å². The van der Waals surface area contributed by atoms with Crippen LogP contribution in [0.25, 0.3) is 0 Å². The molecule has 2 rings (SSSR count). The molecule has 0 radical (unpaired) electrons. The van der Waals surface area contributed by atoms with E-state index in [1.807, 2.05) is 6.92 Å². The summed E-state index contributed by atoms with van der Waals surface area (Å²) >= 11 is 5.84. The Morgan fingerprint density at radius 3 is 2.81 bits per heavy atom. The third kappa shape index (κ3) is 4.88. The lowest BCUT2D eigenvalue weighted by Gasteiger charge is -2.31. The maximum Gasteiger partial charge on any atom is 0.238 e. The minimum atomic E-state index is -0.0566. The number of carbonyl (C=O) groups excluding carboxylic acids is 1. The topological polar surface area (TPSA) is 67.6 Å². The number of amides is 1. The van der Waals surface area contributed by atoms with E-state index in [-0.39, 0.29) is 5.91 Å². The van der Waals surface area contributed by atoms with Gasteiger partial charge in [0, 0.05) is 24.7 Å². The van der Waals surface area contributed by atoms with Gasteiger partial charge in [-0.25, -0.2) is 0 Å². The molecule has 1 aromatic carbocycles. The highest BCUT2D eigenvalue weighted by Gasteiger charge is 2.21. The minimum absolute atomic E-state index is 0.0566. The van der Waals surface area contributed by atoms with E-state index in [4.69, 9.17) is 22.1 Å². The molecule has 1 heterocycles. The van der Waals surface area contributed by atoms with Crippen LogP contribution in [0.3, 0.4) is 0 Å². The van der Waals surface area contributed by atoms with Crippen molar-refractivity contribution < 1.29 is 9.53 Å². The van der Waals surface area contributed by atoms with Gasteiger partial charge in [0.25, 0.3) is 0 Å². The molecule has 3 N–H and O–H groups in total. The van der Waals surface area contributed by atoms with Gasteiger partial charge in [-0.05, 0) is 38.0 Å². The summed E-state index contributed by atoms with van der Waals surface area (Å²) < 4.78 is 5.60. The van der Waals surface area contributed by atoms with Crippen LogP contribution in [-0.4, -0.2) is 43.2 Å². The summed E-state index contributed by atoms with van der Waals surface area (Å²) in [5, 5.41) is 3.38. The second kappa shape index (κ2) is 7.64. The summed E-state index contributed by atoms with van der Waals surface area (Å²) in [6, 6.07) is 5.06. The molecule has 1 aliphatic heterocycles. The highest BCUT2D eigenvalue weighted by atomic mass is 35.5. The molecule has 0 unspecified atom stereocenters. The molecule has 0 aliphatic carbocycles. The lowest BCUT2D eigenvalue weighted by molar-refractivity contribution is -0.118. The van der Waals surface area contributed by atoms with Crippen LogP contribution in [-0.2, 0) is 9.53 Å². The zero-order chi connectivity index (χ0) is 15.2. The molecule has 0 saturated carbocycles. The van der Waals surface area contributed by atoms with Crippen molar-refractivity contribution in [2.24, 2.45) is 0 Å². The third-order valence-electron chi connectivity index (χ3n) is 3.59. The fourth-order valence-electron chi connectivity index (χ4n) is 2.51. The normalized spacial score (nSPS) is 16.9. The number of ether oxygens (including phenoxy) is 1. The summed E-state index contributed by atoms with van der Waals surface area (Å²) in [7, 11) is 0. The van der Waals surface area contributed by atoms with E-state index in [2.05, 4.69) is 10.2 Å². The second-order valence-corrected chi connectivity index (χ2v) is 5.65. The SMILES string of the molecule is CCOC1CCN(CC(=O)Nc2ccc(Cl)cc2N)CC1. The lowest BCUT2D eigenvalue weighted by atomic mass is 10.1. The van der Waals surface area contributed by atoms with Gasteiger partial charge in [0.2, 0.25) is 5.91 Å². The van der Waals surface area contributed by atoms with Crippen LogP contribution in [0.5, 0.6) is 0 Å². The third-order valence-corrected chi connectivity index (χ3v) is 3.83. The Balaban J connectivity index is 1.80. The number of likely N-dealkylation sites (tertiary alicyclic amines) is 1. The van der Waals surface area contributed by atoms with E-state index < -0.39 is 0 Å². The summed E-state index contributed by atoms with van der Waals surface area (Å²) in [5.74, 6) is -0.0566. The van der Waals surface area contributed by atoms with Crippen molar-refractivity contribution >= 4 is 28.9 Å². The van der Waals surface area contributed by atoms with E-state index in [0.29, 0.717) is 29.0 Å². The average molecular weight is 312 g/mol. The number of nitrogens with zero attached hydrogens (tertiary/aromatic N) is 1. The van der Waals surface area contributed by atoms with E-state index in [1.54, 1.807) is 18.2 Å². The predicted octanol–water partition coefficient (Wildman–Crippen LogP) is 2.36. The van der Waals surface area contributed by atoms with Gasteiger partial charge in [-0.3, -0.25) is 9.69 Å². The Morgan fingerprint density at radius 2 is 2.19 bits per heavy atom. The number of benzene rings is 1. The van der Waals surface area contributed by atoms with Crippen LogP contribution in [0, 0.1) is 0 Å². The molecule has 6 heteroatoms. The summed E-state index contributed by atoms with van der Waals surface area (Å²) in [6.07, 6.45) is 2.29. The summed E-state index contributed by atoms with van der Waals surface area (Å²) in [4.78, 5) is 14.2. The maximum atomic E-state index is 12.1. The molecule has 1 fully saturated rings. The molecule has 0 atom stereocenters. The number of halogens is 1. The highest BCUT2D eigenvalue weighted by molar-refractivity contribution is 6.31. The Hall–Kier alpha value is -1.30. The van der Waals surface area contributed by atoms with Gasteiger partial charge in [-0.15, -0.1) is 0 Å². The van der Waals surface area contributed by atoms with Crippen LogP contribution in [0.15, 0.2) is 18.2 Å². The Labute approximate surface area is 130 Å². The second-order valence-electron chi connectivity index (χ2n) is 5.21. The van der Waals surface area contributed by atoms with E-state index in [9.17, 15) is 4.79 Å². The number of nitrogen functional groups attached to an aromatic ring is 1. The van der Waals surface area contributed by atoms with Gasteiger partial charge in [-0.2, -0.15) is 0 Å². The number of nitrogens with one attached hydrogen (secondary N) is 1. The van der Waals surface area contributed by atoms with Crippen LogP contribution in [0.2, 0.25) is 5.02 Å². The zero-order valence-electron chi connectivity index (χ0n) is 12.3. The average Bonchev–Trinajstić information content (AvgIpc) is 2.44. The molecule has 21 heavy (non-hydrogen) atoms. The number of anilines is 2. The lowest BCUT2D eigenvalue weighted by Crippen LogP contribution is -2.41.